The number of rotatable bonds is 7. The van der Waals surface area contributed by atoms with Crippen molar-refractivity contribution in [2.24, 2.45) is 0 Å². The molecule has 12 heteroatoms. The van der Waals surface area contributed by atoms with Crippen molar-refractivity contribution >= 4 is 44.6 Å². The van der Waals surface area contributed by atoms with Crippen LogP contribution in [-0.2, 0) is 10.1 Å². The van der Waals surface area contributed by atoms with E-state index < -0.39 is 72.7 Å². The Kier molecular flexibility index (Phi) is 7.21. The van der Waals surface area contributed by atoms with Crippen molar-refractivity contribution in [2.45, 2.75) is 10.3 Å². The number of halogens is 3. The maximum Gasteiger partial charge on any atom is 0.343 e. The summed E-state index contributed by atoms with van der Waals surface area (Å²) in [6.07, 6.45) is 0. The first-order chi connectivity index (χ1) is 17.5. The van der Waals surface area contributed by atoms with Crippen LogP contribution in [0.3, 0.4) is 0 Å². The van der Waals surface area contributed by atoms with Gasteiger partial charge in [0.1, 0.15) is 22.5 Å². The lowest BCUT2D eigenvalue weighted by Gasteiger charge is -2.19. The Hall–Kier alpha value is -3.93. The number of carboxylic acid groups (broad SMARTS) is 1. The molecule has 0 spiro atoms. The Bertz CT molecular complexity index is 1630. The summed E-state index contributed by atoms with van der Waals surface area (Å²) in [4.78, 5) is 27.8. The van der Waals surface area contributed by atoms with Gasteiger partial charge in [0.25, 0.3) is 10.1 Å². The summed E-state index contributed by atoms with van der Waals surface area (Å²) in [7, 11) is -5.40. The van der Waals surface area contributed by atoms with Crippen LogP contribution in [-0.4, -0.2) is 41.7 Å². The number of ether oxygens (including phenoxy) is 1. The van der Waals surface area contributed by atoms with Gasteiger partial charge >= 0.3 is 11.9 Å². The number of pyridine rings is 1. The van der Waals surface area contributed by atoms with E-state index in [1.165, 1.54) is 36.4 Å². The van der Waals surface area contributed by atoms with Gasteiger partial charge in [-0.05, 0) is 23.8 Å². The van der Waals surface area contributed by atoms with E-state index in [0.29, 0.717) is 0 Å². The Morgan fingerprint density at radius 3 is 2.19 bits per heavy atom. The first-order valence-corrected chi connectivity index (χ1v) is 12.4. The predicted molar refractivity (Wildman–Crippen MR) is 130 cm³/mol. The second-order valence-electron chi connectivity index (χ2n) is 7.69. The van der Waals surface area contributed by atoms with Crippen LogP contribution in [0.4, 0.5) is 8.78 Å². The number of hydrogen-bond acceptors (Lipinski definition) is 6. The highest BCUT2D eigenvalue weighted by Gasteiger charge is 2.34. The number of alkyl halides is 2. The second-order valence-corrected chi connectivity index (χ2v) is 9.57. The lowest BCUT2D eigenvalue weighted by molar-refractivity contribution is 0.0680. The molecule has 0 saturated carbocycles. The average Bonchev–Trinajstić information content (AvgIpc) is 2.87. The fourth-order valence-corrected chi connectivity index (χ4v) is 4.71. The van der Waals surface area contributed by atoms with E-state index in [-0.39, 0.29) is 16.7 Å². The molecule has 37 heavy (non-hydrogen) atoms. The molecule has 1 atom stereocenters. The minimum Gasteiger partial charge on any atom is -0.477 e. The normalized spacial score (nSPS) is 12.3. The summed E-state index contributed by atoms with van der Waals surface area (Å²) < 4.78 is 69.5. The Morgan fingerprint density at radius 2 is 1.65 bits per heavy atom. The molecule has 190 valence electrons. The van der Waals surface area contributed by atoms with Gasteiger partial charge in [0.05, 0.1) is 22.2 Å². The molecule has 1 unspecified atom stereocenters. The lowest BCUT2D eigenvalue weighted by atomic mass is 9.99. The van der Waals surface area contributed by atoms with E-state index in [1.54, 1.807) is 24.3 Å². The van der Waals surface area contributed by atoms with Gasteiger partial charge in [0.2, 0.25) is 0 Å². The van der Waals surface area contributed by atoms with E-state index in [4.69, 9.17) is 16.3 Å². The van der Waals surface area contributed by atoms with E-state index in [1.807, 2.05) is 0 Å². The van der Waals surface area contributed by atoms with Crippen LogP contribution in [0.2, 0.25) is 0 Å². The Balaban J connectivity index is 2.18. The third-order valence-corrected chi connectivity index (χ3v) is 6.57. The van der Waals surface area contributed by atoms with Crippen LogP contribution in [0, 0.1) is 5.82 Å². The monoisotopic (exact) mass is 547 g/mol. The largest absolute Gasteiger partial charge is 0.477 e. The predicted octanol–water partition coefficient (Wildman–Crippen LogP) is 5.45. The number of nitrogens with zero attached hydrogens (tertiary/aromatic N) is 1. The summed E-state index contributed by atoms with van der Waals surface area (Å²) in [5, 5.41) is 7.44. The summed E-state index contributed by atoms with van der Waals surface area (Å²) in [5.74, 6) is -5.36. The number of fused-ring (bicyclic) bond motifs is 1. The van der Waals surface area contributed by atoms with Gasteiger partial charge in [0, 0.05) is 5.56 Å². The smallest absolute Gasteiger partial charge is 0.343 e. The highest BCUT2D eigenvalue weighted by atomic mass is 35.5. The van der Waals surface area contributed by atoms with Crippen molar-refractivity contribution < 1.29 is 41.2 Å². The SMILES string of the molecule is O=C(Oc1c(C(=O)O)c(C(Cl)CF)nc2cc(-c3ccccc3)c(F)c(S(=O)(=O)O)c12)c1ccccc1. The van der Waals surface area contributed by atoms with Crippen molar-refractivity contribution in [1.82, 2.24) is 4.98 Å². The average molecular weight is 548 g/mol. The third kappa shape index (κ3) is 5.01. The van der Waals surface area contributed by atoms with E-state index in [9.17, 15) is 32.1 Å². The quantitative estimate of drug-likeness (QED) is 0.177. The molecule has 8 nitrogen and oxygen atoms in total. The Labute approximate surface area is 213 Å². The molecular formula is C25H16ClF2NO7S. The zero-order valence-electron chi connectivity index (χ0n) is 18.6. The summed E-state index contributed by atoms with van der Waals surface area (Å²) in [6.45, 7) is -1.29. The highest BCUT2D eigenvalue weighted by molar-refractivity contribution is 7.86. The number of carbonyl (C=O) groups is 2. The fraction of sp³-hybridized carbons (Fsp3) is 0.0800. The highest BCUT2D eigenvalue weighted by Crippen LogP contribution is 2.42. The molecule has 3 aromatic carbocycles. The molecule has 0 radical (unpaired) electrons. The summed E-state index contributed by atoms with van der Waals surface area (Å²) in [6, 6.07) is 15.9. The summed E-state index contributed by atoms with van der Waals surface area (Å²) >= 11 is 6.00. The molecule has 0 amide bonds. The minimum atomic E-state index is -5.40. The number of benzene rings is 3. The van der Waals surface area contributed by atoms with Gasteiger partial charge in [0.15, 0.2) is 11.6 Å². The van der Waals surface area contributed by atoms with Gasteiger partial charge in [-0.15, -0.1) is 11.6 Å². The molecule has 1 aromatic heterocycles. The fourth-order valence-electron chi connectivity index (χ4n) is 3.76. The molecular weight excluding hydrogens is 532 g/mol. The lowest BCUT2D eigenvalue weighted by Crippen LogP contribution is -2.17. The van der Waals surface area contributed by atoms with E-state index in [2.05, 4.69) is 4.98 Å². The third-order valence-electron chi connectivity index (χ3n) is 5.34. The second kappa shape index (κ2) is 10.2. The van der Waals surface area contributed by atoms with Crippen LogP contribution in [0.15, 0.2) is 71.6 Å². The molecule has 2 N–H and O–H groups in total. The number of esters is 1. The van der Waals surface area contributed by atoms with Gasteiger partial charge in [-0.25, -0.2) is 23.4 Å². The molecule has 4 aromatic rings. The van der Waals surface area contributed by atoms with Gasteiger partial charge in [-0.1, -0.05) is 48.5 Å². The van der Waals surface area contributed by atoms with E-state index in [0.717, 1.165) is 6.07 Å². The number of carboxylic acids is 1. The first-order valence-electron chi connectivity index (χ1n) is 10.5. The molecule has 0 aliphatic rings. The van der Waals surface area contributed by atoms with Crippen molar-refractivity contribution in [1.29, 1.82) is 0 Å². The number of aromatic carboxylic acids is 1. The maximum absolute atomic E-state index is 15.7. The van der Waals surface area contributed by atoms with Crippen LogP contribution >= 0.6 is 11.6 Å². The Morgan fingerprint density at radius 1 is 1.05 bits per heavy atom. The zero-order valence-corrected chi connectivity index (χ0v) is 20.1. The summed E-state index contributed by atoms with van der Waals surface area (Å²) in [5.41, 5.74) is -2.17. The van der Waals surface area contributed by atoms with Gasteiger partial charge in [-0.3, -0.25) is 4.55 Å². The van der Waals surface area contributed by atoms with Crippen molar-refractivity contribution in [3.05, 3.63) is 89.4 Å². The molecule has 0 saturated heterocycles. The molecule has 0 aliphatic carbocycles. The number of carbonyl (C=O) groups excluding carboxylic acids is 1. The van der Waals surface area contributed by atoms with Crippen molar-refractivity contribution in [2.75, 3.05) is 6.67 Å². The van der Waals surface area contributed by atoms with Gasteiger partial charge < -0.3 is 9.84 Å². The van der Waals surface area contributed by atoms with Crippen LogP contribution in [0.1, 0.15) is 31.8 Å². The maximum atomic E-state index is 15.7. The molecule has 1 heterocycles. The minimum absolute atomic E-state index is 0.0620. The first kappa shape index (κ1) is 26.1. The topological polar surface area (TPSA) is 131 Å². The molecule has 0 aliphatic heterocycles. The molecule has 4 rings (SSSR count). The molecule has 0 bridgehead atoms. The van der Waals surface area contributed by atoms with Crippen LogP contribution < -0.4 is 4.74 Å². The van der Waals surface area contributed by atoms with Gasteiger partial charge in [-0.2, -0.15) is 8.42 Å². The number of aromatic nitrogens is 1. The van der Waals surface area contributed by atoms with Crippen LogP contribution in [0.5, 0.6) is 5.75 Å². The zero-order chi connectivity index (χ0) is 26.9. The van der Waals surface area contributed by atoms with Crippen molar-refractivity contribution in [3.8, 4) is 16.9 Å². The van der Waals surface area contributed by atoms with Crippen molar-refractivity contribution in [3.63, 3.8) is 0 Å². The molecule has 0 fully saturated rings. The van der Waals surface area contributed by atoms with E-state index >= 15 is 4.39 Å². The standard InChI is InChI=1S/C25H16ClF2NO7S/c26-16(12-27)21-19(24(30)31)22(36-25(32)14-9-5-2-6-10-14)18-17(29-21)11-15(13-7-3-1-4-8-13)20(28)23(18)37(33,34)35/h1-11,16H,12H2,(H,30,31)(H,33,34,35). The van der Waals surface area contributed by atoms with Crippen LogP contribution in [0.25, 0.3) is 22.0 Å². The number of hydrogen-bond donors (Lipinski definition) is 2.